The van der Waals surface area contributed by atoms with E-state index in [-0.39, 0.29) is 28.7 Å². The Kier molecular flexibility index (Phi) is 4.47. The summed E-state index contributed by atoms with van der Waals surface area (Å²) >= 11 is 7.33. The fraction of sp³-hybridized carbons (Fsp3) is 0.500. The van der Waals surface area contributed by atoms with E-state index in [2.05, 4.69) is 4.99 Å². The van der Waals surface area contributed by atoms with Crippen molar-refractivity contribution in [3.05, 3.63) is 29.3 Å². The monoisotopic (exact) mass is 386 g/mol. The van der Waals surface area contributed by atoms with Crippen LogP contribution in [-0.4, -0.2) is 42.3 Å². The Balaban J connectivity index is 2.01. The number of benzene rings is 1. The van der Waals surface area contributed by atoms with Crippen molar-refractivity contribution in [2.75, 3.05) is 16.4 Å². The number of amidine groups is 1. The van der Waals surface area contributed by atoms with Crippen LogP contribution >= 0.6 is 23.4 Å². The van der Waals surface area contributed by atoms with Crippen LogP contribution in [0.4, 0.5) is 5.69 Å². The van der Waals surface area contributed by atoms with Crippen molar-refractivity contribution >= 4 is 50.0 Å². The fourth-order valence-corrected chi connectivity index (χ4v) is 6.76. The maximum atomic E-state index is 12.3. The van der Waals surface area contributed by atoms with Gasteiger partial charge >= 0.3 is 0 Å². The summed E-state index contributed by atoms with van der Waals surface area (Å²) in [5.41, 5.74) is 0.222. The molecule has 2 saturated heterocycles. The maximum absolute atomic E-state index is 12.3. The third-order valence-electron chi connectivity index (χ3n) is 4.01. The number of anilines is 1. The summed E-state index contributed by atoms with van der Waals surface area (Å²) in [7, 11) is -3.06. The molecule has 0 spiro atoms. The number of hydrogen-bond donors (Lipinski definition) is 0. The Morgan fingerprint density at radius 2 is 1.88 bits per heavy atom. The van der Waals surface area contributed by atoms with E-state index in [0.29, 0.717) is 10.2 Å². The van der Waals surface area contributed by atoms with E-state index < -0.39 is 15.3 Å². The molecule has 1 aromatic rings. The van der Waals surface area contributed by atoms with Gasteiger partial charge in [0.15, 0.2) is 15.0 Å². The number of thioether (sulfide) groups is 1. The molecule has 2 aliphatic heterocycles. The second-order valence-electron chi connectivity index (χ2n) is 7.10. The van der Waals surface area contributed by atoms with E-state index in [1.165, 1.54) is 11.8 Å². The van der Waals surface area contributed by atoms with Gasteiger partial charge in [0.2, 0.25) is 0 Å². The van der Waals surface area contributed by atoms with Gasteiger partial charge in [0.25, 0.3) is 5.91 Å². The zero-order valence-corrected chi connectivity index (χ0v) is 16.1. The number of sulfone groups is 1. The molecule has 2 heterocycles. The Labute approximate surface area is 151 Å². The molecule has 2 fully saturated rings. The van der Waals surface area contributed by atoms with Gasteiger partial charge in [-0.25, -0.2) is 8.42 Å². The van der Waals surface area contributed by atoms with Crippen molar-refractivity contribution in [2.24, 2.45) is 10.4 Å². The van der Waals surface area contributed by atoms with Crippen LogP contribution in [-0.2, 0) is 14.6 Å². The Morgan fingerprint density at radius 1 is 1.25 bits per heavy atom. The molecule has 3 rings (SSSR count). The molecular weight excluding hydrogens is 368 g/mol. The highest BCUT2D eigenvalue weighted by atomic mass is 35.5. The van der Waals surface area contributed by atoms with E-state index in [0.717, 1.165) is 5.69 Å². The van der Waals surface area contributed by atoms with Crippen LogP contribution in [0.25, 0.3) is 0 Å². The maximum Gasteiger partial charge on any atom is 0.253 e. The van der Waals surface area contributed by atoms with Crippen LogP contribution < -0.4 is 4.90 Å². The van der Waals surface area contributed by atoms with E-state index >= 15 is 0 Å². The number of carbonyl (C=O) groups is 1. The van der Waals surface area contributed by atoms with Crippen molar-refractivity contribution in [1.82, 2.24) is 0 Å². The van der Waals surface area contributed by atoms with E-state index in [1.807, 2.05) is 37.8 Å². The summed E-state index contributed by atoms with van der Waals surface area (Å²) < 4.78 is 24.0. The van der Waals surface area contributed by atoms with E-state index in [1.54, 1.807) is 12.1 Å². The zero-order valence-electron chi connectivity index (χ0n) is 13.7. The number of amides is 1. The molecule has 0 saturated carbocycles. The first-order valence-electron chi connectivity index (χ1n) is 7.62. The number of fused-ring (bicyclic) bond motifs is 1. The molecule has 1 aromatic carbocycles. The molecule has 2 atom stereocenters. The molecule has 24 heavy (non-hydrogen) atoms. The van der Waals surface area contributed by atoms with E-state index in [9.17, 15) is 13.2 Å². The third-order valence-corrected chi connectivity index (χ3v) is 7.47. The predicted molar refractivity (Wildman–Crippen MR) is 99.6 cm³/mol. The first kappa shape index (κ1) is 17.8. The van der Waals surface area contributed by atoms with Gasteiger partial charge in [-0.05, 0) is 24.3 Å². The molecular formula is C16H19ClN2O3S2. The molecule has 0 bridgehead atoms. The van der Waals surface area contributed by atoms with Gasteiger partial charge in [-0.1, -0.05) is 44.1 Å². The van der Waals surface area contributed by atoms with Crippen LogP contribution in [0.5, 0.6) is 0 Å². The first-order chi connectivity index (χ1) is 11.1. The number of nitrogens with zero attached hydrogens (tertiary/aromatic N) is 2. The zero-order chi connectivity index (χ0) is 17.7. The fourth-order valence-electron chi connectivity index (χ4n) is 2.72. The van der Waals surface area contributed by atoms with Gasteiger partial charge in [-0.3, -0.25) is 4.79 Å². The number of aliphatic imine (C=N–C) groups is 1. The highest BCUT2D eigenvalue weighted by Crippen LogP contribution is 2.41. The van der Waals surface area contributed by atoms with Crippen LogP contribution in [0, 0.1) is 5.41 Å². The van der Waals surface area contributed by atoms with Crippen LogP contribution in [0.3, 0.4) is 0 Å². The van der Waals surface area contributed by atoms with Gasteiger partial charge < -0.3 is 4.90 Å². The molecule has 130 valence electrons. The minimum atomic E-state index is -3.06. The quantitative estimate of drug-likeness (QED) is 0.742. The second-order valence-corrected chi connectivity index (χ2v) is 10.9. The normalized spacial score (nSPS) is 27.5. The summed E-state index contributed by atoms with van der Waals surface area (Å²) in [5.74, 6) is -0.0164. The number of rotatable bonds is 1. The molecule has 8 heteroatoms. The minimum absolute atomic E-state index is 0.0794. The van der Waals surface area contributed by atoms with Crippen molar-refractivity contribution in [3.8, 4) is 0 Å². The third kappa shape index (κ3) is 3.48. The van der Waals surface area contributed by atoms with Crippen molar-refractivity contribution in [3.63, 3.8) is 0 Å². The molecule has 0 aliphatic carbocycles. The lowest BCUT2D eigenvalue weighted by atomic mass is 9.96. The number of halogens is 1. The Bertz CT molecular complexity index is 798. The minimum Gasteiger partial charge on any atom is -0.316 e. The summed E-state index contributed by atoms with van der Waals surface area (Å²) in [6, 6.07) is 6.96. The molecule has 2 aliphatic rings. The highest BCUT2D eigenvalue weighted by Gasteiger charge is 2.49. The lowest BCUT2D eigenvalue weighted by molar-refractivity contribution is -0.124. The Morgan fingerprint density at radius 3 is 2.46 bits per heavy atom. The molecule has 0 radical (unpaired) electrons. The average Bonchev–Trinajstić information content (AvgIpc) is 2.90. The van der Waals surface area contributed by atoms with Crippen molar-refractivity contribution in [2.45, 2.75) is 32.1 Å². The lowest BCUT2D eigenvalue weighted by Gasteiger charge is -2.25. The molecule has 0 N–H and O–H groups in total. The second kappa shape index (κ2) is 6.04. The number of carbonyl (C=O) groups excluding carboxylic acids is 1. The molecule has 1 amide bonds. The first-order valence-corrected chi connectivity index (χ1v) is 10.7. The highest BCUT2D eigenvalue weighted by molar-refractivity contribution is 8.16. The SMILES string of the molecule is CC(C)(C)C(=O)N=C1SC2CS(=O)(=O)CC2N1c1ccc(Cl)cc1. The summed E-state index contributed by atoms with van der Waals surface area (Å²) in [4.78, 5) is 18.5. The summed E-state index contributed by atoms with van der Waals surface area (Å²) in [6.07, 6.45) is 0. The predicted octanol–water partition coefficient (Wildman–Crippen LogP) is 2.99. The van der Waals surface area contributed by atoms with E-state index in [4.69, 9.17) is 11.6 Å². The summed E-state index contributed by atoms with van der Waals surface area (Å²) in [6.45, 7) is 5.45. The van der Waals surface area contributed by atoms with Gasteiger partial charge in [0.1, 0.15) is 0 Å². The summed E-state index contributed by atoms with van der Waals surface area (Å²) in [5, 5.41) is 1.07. The van der Waals surface area contributed by atoms with Crippen LogP contribution in [0.15, 0.2) is 29.3 Å². The average molecular weight is 387 g/mol. The molecule has 0 aromatic heterocycles. The van der Waals surface area contributed by atoms with Crippen LogP contribution in [0.1, 0.15) is 20.8 Å². The topological polar surface area (TPSA) is 66.8 Å². The Hall–Kier alpha value is -1.05. The smallest absolute Gasteiger partial charge is 0.253 e. The molecule has 2 unspecified atom stereocenters. The largest absolute Gasteiger partial charge is 0.316 e. The molecule has 5 nitrogen and oxygen atoms in total. The van der Waals surface area contributed by atoms with Gasteiger partial charge in [-0.15, -0.1) is 0 Å². The van der Waals surface area contributed by atoms with Crippen molar-refractivity contribution in [1.29, 1.82) is 0 Å². The van der Waals surface area contributed by atoms with Gasteiger partial charge in [0.05, 0.1) is 17.5 Å². The van der Waals surface area contributed by atoms with Crippen molar-refractivity contribution < 1.29 is 13.2 Å². The standard InChI is InChI=1S/C16H19ClN2O3S2/c1-16(2,3)14(20)18-15-19(11-6-4-10(17)5-7-11)12-8-24(21,22)9-13(12)23-15/h4-7,12-13H,8-9H2,1-3H3. The number of hydrogen-bond acceptors (Lipinski definition) is 4. The van der Waals surface area contributed by atoms with Crippen LogP contribution in [0.2, 0.25) is 5.02 Å². The van der Waals surface area contributed by atoms with Gasteiger partial charge in [0, 0.05) is 21.4 Å². The van der Waals surface area contributed by atoms with Gasteiger partial charge in [-0.2, -0.15) is 4.99 Å². The lowest BCUT2D eigenvalue weighted by Crippen LogP contribution is -2.38.